The van der Waals surface area contributed by atoms with Gasteiger partial charge in [0.15, 0.2) is 11.6 Å². The molecule has 39 heavy (non-hydrogen) atoms. The van der Waals surface area contributed by atoms with Crippen molar-refractivity contribution >= 4 is 29.0 Å². The number of carbonyl (C=O) groups excluding carboxylic acids is 1. The van der Waals surface area contributed by atoms with Gasteiger partial charge in [0.25, 0.3) is 0 Å². The summed E-state index contributed by atoms with van der Waals surface area (Å²) in [7, 11) is 0. The molecule has 0 bridgehead atoms. The van der Waals surface area contributed by atoms with Crippen LogP contribution in [0.5, 0.6) is 11.6 Å². The summed E-state index contributed by atoms with van der Waals surface area (Å²) in [5.74, 6) is -0.154. The van der Waals surface area contributed by atoms with Crippen LogP contribution in [-0.2, 0) is 9.47 Å². The molecule has 1 aliphatic heterocycles. The monoisotopic (exact) mass is 578 g/mol. The van der Waals surface area contributed by atoms with E-state index in [9.17, 15) is 4.79 Å². The highest BCUT2D eigenvalue weighted by Crippen LogP contribution is 2.38. The minimum Gasteiger partial charge on any atom is -0.488 e. The van der Waals surface area contributed by atoms with E-state index in [4.69, 9.17) is 30.5 Å². The Morgan fingerprint density at radius 2 is 1.97 bits per heavy atom. The summed E-state index contributed by atoms with van der Waals surface area (Å²) in [5, 5.41) is 9.71. The lowest BCUT2D eigenvalue weighted by Gasteiger charge is -2.35. The number of benzene rings is 1. The topological polar surface area (TPSA) is 95.9 Å². The van der Waals surface area contributed by atoms with Gasteiger partial charge in [0.05, 0.1) is 23.8 Å². The number of pyridine rings is 1. The Hall–Kier alpha value is -3.02. The second-order valence-corrected chi connectivity index (χ2v) is 12.2. The number of carbonyl (C=O) groups is 1. The Bertz CT molecular complexity index is 1330. The Kier molecular flexibility index (Phi) is 8.34. The standard InChI is InChI=1S/C27H32ClFN4O5S/c1-15(2)37-22-9-8-16(12-30-22)23-31-32-24(39-23)18-10-20(29)21(11-19(18)28)35-13-17-14-36-27(6,7)33(17)25(34)38-26(3,4)5/h8-12,15,17H,13-14H2,1-7H3/t17-/m1/s1. The SMILES string of the molecule is CC(C)Oc1ccc(-c2nnc(-c3cc(F)c(OC[C@@H]4COC(C)(C)N4C(=O)OC(C)(C)C)cc3Cl)s2)cn1. The smallest absolute Gasteiger partial charge is 0.413 e. The van der Waals surface area contributed by atoms with Gasteiger partial charge in [0.1, 0.15) is 27.9 Å². The molecule has 1 atom stereocenters. The number of amides is 1. The average Bonchev–Trinajstić information content (AvgIpc) is 3.42. The summed E-state index contributed by atoms with van der Waals surface area (Å²) >= 11 is 7.77. The van der Waals surface area contributed by atoms with E-state index in [0.717, 1.165) is 5.56 Å². The van der Waals surface area contributed by atoms with Crippen LogP contribution in [0.25, 0.3) is 21.1 Å². The van der Waals surface area contributed by atoms with Crippen LogP contribution in [0.15, 0.2) is 30.5 Å². The first-order chi connectivity index (χ1) is 18.2. The third-order valence-electron chi connectivity index (χ3n) is 5.61. The lowest BCUT2D eigenvalue weighted by Crippen LogP contribution is -2.51. The molecule has 1 saturated heterocycles. The van der Waals surface area contributed by atoms with Gasteiger partial charge in [0, 0.05) is 29.5 Å². The predicted molar refractivity (Wildman–Crippen MR) is 147 cm³/mol. The fourth-order valence-corrected chi connectivity index (χ4v) is 5.11. The predicted octanol–water partition coefficient (Wildman–Crippen LogP) is 6.60. The van der Waals surface area contributed by atoms with Crippen LogP contribution in [0, 0.1) is 5.82 Å². The fraction of sp³-hybridized carbons (Fsp3) is 0.481. The van der Waals surface area contributed by atoms with Crippen LogP contribution in [0.2, 0.25) is 5.02 Å². The van der Waals surface area contributed by atoms with Crippen molar-refractivity contribution in [3.05, 3.63) is 41.3 Å². The summed E-state index contributed by atoms with van der Waals surface area (Å²) in [4.78, 5) is 18.6. The first-order valence-corrected chi connectivity index (χ1v) is 13.7. The lowest BCUT2D eigenvalue weighted by atomic mass is 10.2. The Balaban J connectivity index is 1.47. The number of halogens is 2. The number of hydrogen-bond donors (Lipinski definition) is 0. The molecule has 1 fully saturated rings. The number of hydrogen-bond acceptors (Lipinski definition) is 9. The van der Waals surface area contributed by atoms with Gasteiger partial charge in [-0.05, 0) is 60.6 Å². The molecule has 4 rings (SSSR count). The molecule has 3 aromatic rings. The largest absolute Gasteiger partial charge is 0.488 e. The van der Waals surface area contributed by atoms with Gasteiger partial charge in [-0.15, -0.1) is 10.2 Å². The fourth-order valence-electron chi connectivity index (χ4n) is 3.94. The lowest BCUT2D eigenvalue weighted by molar-refractivity contribution is -0.0637. The molecule has 0 unspecified atom stereocenters. The maximum absolute atomic E-state index is 15.1. The Morgan fingerprint density at radius 3 is 2.62 bits per heavy atom. The van der Waals surface area contributed by atoms with Gasteiger partial charge < -0.3 is 18.9 Å². The second kappa shape index (κ2) is 11.2. The van der Waals surface area contributed by atoms with E-state index in [1.54, 1.807) is 46.9 Å². The van der Waals surface area contributed by atoms with Crippen LogP contribution in [0.1, 0.15) is 48.5 Å². The number of aromatic nitrogens is 3. The number of ether oxygens (including phenoxy) is 4. The molecule has 210 valence electrons. The highest BCUT2D eigenvalue weighted by atomic mass is 35.5. The van der Waals surface area contributed by atoms with Gasteiger partial charge in [-0.1, -0.05) is 22.9 Å². The van der Waals surface area contributed by atoms with E-state index in [1.165, 1.54) is 28.4 Å². The van der Waals surface area contributed by atoms with Crippen molar-refractivity contribution in [2.75, 3.05) is 13.2 Å². The van der Waals surface area contributed by atoms with Crippen molar-refractivity contribution in [3.63, 3.8) is 0 Å². The molecule has 2 aromatic heterocycles. The molecule has 12 heteroatoms. The maximum atomic E-state index is 15.1. The van der Waals surface area contributed by atoms with Gasteiger partial charge in [-0.3, -0.25) is 4.90 Å². The molecule has 0 N–H and O–H groups in total. The van der Waals surface area contributed by atoms with Crippen molar-refractivity contribution in [2.45, 2.75) is 71.9 Å². The average molecular weight is 579 g/mol. The van der Waals surface area contributed by atoms with Crippen LogP contribution >= 0.6 is 22.9 Å². The van der Waals surface area contributed by atoms with E-state index in [1.807, 2.05) is 19.9 Å². The van der Waals surface area contributed by atoms with Crippen LogP contribution in [-0.4, -0.2) is 62.9 Å². The minimum atomic E-state index is -0.900. The van der Waals surface area contributed by atoms with Gasteiger partial charge in [-0.2, -0.15) is 0 Å². The van der Waals surface area contributed by atoms with Crippen LogP contribution in [0.3, 0.4) is 0 Å². The van der Waals surface area contributed by atoms with E-state index >= 15 is 4.39 Å². The van der Waals surface area contributed by atoms with E-state index in [2.05, 4.69) is 15.2 Å². The summed E-state index contributed by atoms with van der Waals surface area (Å²) < 4.78 is 37.8. The molecule has 0 radical (unpaired) electrons. The molecular formula is C27H32ClFN4O5S. The first-order valence-electron chi connectivity index (χ1n) is 12.5. The molecule has 9 nitrogen and oxygen atoms in total. The number of rotatable bonds is 7. The molecule has 1 aromatic carbocycles. The maximum Gasteiger partial charge on any atom is 0.413 e. The summed E-state index contributed by atoms with van der Waals surface area (Å²) in [6, 6.07) is 5.77. The van der Waals surface area contributed by atoms with Crippen molar-refractivity contribution < 1.29 is 28.1 Å². The second-order valence-electron chi connectivity index (χ2n) is 10.8. The molecule has 1 amide bonds. The van der Waals surface area contributed by atoms with E-state index in [0.29, 0.717) is 21.5 Å². The highest BCUT2D eigenvalue weighted by Gasteiger charge is 2.46. The van der Waals surface area contributed by atoms with Crippen molar-refractivity contribution in [3.8, 4) is 32.8 Å². The quantitative estimate of drug-likeness (QED) is 0.309. The zero-order valence-electron chi connectivity index (χ0n) is 22.9. The highest BCUT2D eigenvalue weighted by molar-refractivity contribution is 7.18. The molecule has 0 saturated carbocycles. The van der Waals surface area contributed by atoms with E-state index < -0.39 is 29.3 Å². The van der Waals surface area contributed by atoms with Gasteiger partial charge >= 0.3 is 6.09 Å². The molecule has 0 spiro atoms. The number of nitrogens with zero attached hydrogens (tertiary/aromatic N) is 4. The summed E-state index contributed by atoms with van der Waals surface area (Å²) in [6.07, 6.45) is 1.13. The van der Waals surface area contributed by atoms with Crippen molar-refractivity contribution in [1.82, 2.24) is 20.1 Å². The van der Waals surface area contributed by atoms with Gasteiger partial charge in [0.2, 0.25) is 5.88 Å². The summed E-state index contributed by atoms with van der Waals surface area (Å²) in [6.45, 7) is 12.9. The normalized spacial score (nSPS) is 17.0. The Labute approximate surface area is 236 Å². The third kappa shape index (κ3) is 6.95. The van der Waals surface area contributed by atoms with Crippen molar-refractivity contribution in [2.24, 2.45) is 0 Å². The molecule has 0 aliphatic carbocycles. The molecule has 1 aliphatic rings. The van der Waals surface area contributed by atoms with Crippen molar-refractivity contribution in [1.29, 1.82) is 0 Å². The molecule has 3 heterocycles. The van der Waals surface area contributed by atoms with Gasteiger partial charge in [-0.25, -0.2) is 14.2 Å². The Morgan fingerprint density at radius 1 is 1.26 bits per heavy atom. The molecular weight excluding hydrogens is 547 g/mol. The van der Waals surface area contributed by atoms with Crippen LogP contribution in [0.4, 0.5) is 9.18 Å². The first kappa shape index (κ1) is 29.0. The third-order valence-corrected chi connectivity index (χ3v) is 6.93. The minimum absolute atomic E-state index is 0.0122. The summed E-state index contributed by atoms with van der Waals surface area (Å²) in [5.41, 5.74) is -0.437. The zero-order chi connectivity index (χ0) is 28.5. The van der Waals surface area contributed by atoms with E-state index in [-0.39, 0.29) is 30.1 Å². The zero-order valence-corrected chi connectivity index (χ0v) is 24.5. The van der Waals surface area contributed by atoms with Crippen LogP contribution < -0.4 is 9.47 Å².